The van der Waals surface area contributed by atoms with Gasteiger partial charge in [-0.05, 0) is 56.0 Å². The van der Waals surface area contributed by atoms with Crippen molar-refractivity contribution in [3.8, 4) is 6.07 Å². The summed E-state index contributed by atoms with van der Waals surface area (Å²) in [6, 6.07) is 9.36. The zero-order valence-corrected chi connectivity index (χ0v) is 16.9. The molecule has 0 spiro atoms. The van der Waals surface area contributed by atoms with E-state index in [0.29, 0.717) is 31.5 Å². The van der Waals surface area contributed by atoms with Gasteiger partial charge in [-0.15, -0.1) is 0 Å². The Bertz CT molecular complexity index is 1030. The summed E-state index contributed by atoms with van der Waals surface area (Å²) in [6.07, 6.45) is 4.65. The molecule has 1 aromatic carbocycles. The number of nitriles is 1. The number of carbonyl (C=O) groups is 1. The van der Waals surface area contributed by atoms with Crippen LogP contribution in [0.15, 0.2) is 36.5 Å². The van der Waals surface area contributed by atoms with E-state index in [1.165, 1.54) is 0 Å². The molecule has 3 aliphatic rings. The highest BCUT2D eigenvalue weighted by atomic mass is 19.1. The number of fused-ring (bicyclic) bond motifs is 2. The summed E-state index contributed by atoms with van der Waals surface area (Å²) in [7, 11) is 0. The summed E-state index contributed by atoms with van der Waals surface area (Å²) in [5.74, 6) is -0.324. The minimum Gasteiger partial charge on any atom is -0.360 e. The number of amides is 1. The monoisotopic (exact) mass is 424 g/mol. The van der Waals surface area contributed by atoms with Crippen LogP contribution in [0.1, 0.15) is 36.8 Å². The lowest BCUT2D eigenvalue weighted by molar-refractivity contribution is -0.140. The Kier molecular flexibility index (Phi) is 4.86. The Morgan fingerprint density at radius 2 is 1.94 bits per heavy atom. The van der Waals surface area contributed by atoms with Crippen LogP contribution in [0.25, 0.3) is 0 Å². The van der Waals surface area contributed by atoms with Gasteiger partial charge in [0.05, 0.1) is 11.2 Å². The van der Waals surface area contributed by atoms with E-state index in [1.54, 1.807) is 17.2 Å². The quantitative estimate of drug-likeness (QED) is 0.738. The van der Waals surface area contributed by atoms with Crippen LogP contribution in [-0.2, 0) is 15.1 Å². The maximum atomic E-state index is 14.2. The summed E-state index contributed by atoms with van der Waals surface area (Å²) in [5.41, 5.74) is -0.183. The number of rotatable bonds is 5. The van der Waals surface area contributed by atoms with Gasteiger partial charge in [-0.25, -0.2) is 13.8 Å². The molecule has 1 saturated carbocycles. The van der Waals surface area contributed by atoms with E-state index in [-0.39, 0.29) is 30.2 Å². The molecule has 3 heterocycles. The van der Waals surface area contributed by atoms with Crippen LogP contribution in [0, 0.1) is 23.0 Å². The fraction of sp³-hybridized carbons (Fsp3) is 0.435. The molecule has 1 amide bonds. The van der Waals surface area contributed by atoms with Crippen molar-refractivity contribution in [2.75, 3.05) is 24.6 Å². The molecule has 8 heteroatoms. The second-order valence-electron chi connectivity index (χ2n) is 8.51. The molecule has 0 N–H and O–H groups in total. The molecule has 2 aliphatic heterocycles. The first-order valence-corrected chi connectivity index (χ1v) is 10.5. The lowest BCUT2D eigenvalue weighted by Crippen LogP contribution is -2.56. The molecule has 2 aromatic rings. The van der Waals surface area contributed by atoms with E-state index in [0.717, 1.165) is 36.9 Å². The number of piperazine rings is 1. The van der Waals surface area contributed by atoms with Gasteiger partial charge in [0.25, 0.3) is 0 Å². The number of hydrogen-bond donors (Lipinski definition) is 0. The number of benzene rings is 1. The first kappa shape index (κ1) is 19.9. The van der Waals surface area contributed by atoms with Gasteiger partial charge in [0.2, 0.25) is 5.91 Å². The maximum absolute atomic E-state index is 14.2. The summed E-state index contributed by atoms with van der Waals surface area (Å²) in [6.45, 7) is 0.994. The number of likely N-dealkylation sites (tertiary alicyclic amines) is 1. The van der Waals surface area contributed by atoms with E-state index in [2.05, 4.69) is 16.0 Å². The second kappa shape index (κ2) is 7.57. The highest BCUT2D eigenvalue weighted by Crippen LogP contribution is 2.50. The molecule has 1 aromatic heterocycles. The van der Waals surface area contributed by atoms with Crippen LogP contribution in [0.5, 0.6) is 0 Å². The number of pyridine rings is 1. The molecule has 160 valence electrons. The summed E-state index contributed by atoms with van der Waals surface area (Å²) >= 11 is 0. The molecule has 31 heavy (non-hydrogen) atoms. The molecule has 0 radical (unpaired) electrons. The molecular weight excluding hydrogens is 402 g/mol. The molecule has 2 saturated heterocycles. The lowest BCUT2D eigenvalue weighted by atomic mass is 10.1. The SMILES string of the molecule is N#Cc1ccc(N2C3CC[C@H]2CN(C(=O)COC2(c4cc(F)ccc4F)CC2)C3)nc1. The van der Waals surface area contributed by atoms with Crippen LogP contribution < -0.4 is 4.90 Å². The van der Waals surface area contributed by atoms with Crippen molar-refractivity contribution in [3.05, 3.63) is 59.3 Å². The van der Waals surface area contributed by atoms with E-state index in [9.17, 15) is 13.6 Å². The number of hydrogen-bond acceptors (Lipinski definition) is 5. The number of anilines is 1. The highest BCUT2D eigenvalue weighted by molar-refractivity contribution is 5.78. The predicted molar refractivity (Wildman–Crippen MR) is 108 cm³/mol. The minimum atomic E-state index is -0.894. The molecule has 5 rings (SSSR count). The van der Waals surface area contributed by atoms with Crippen molar-refractivity contribution >= 4 is 11.7 Å². The topological polar surface area (TPSA) is 69.5 Å². The van der Waals surface area contributed by atoms with Crippen LogP contribution >= 0.6 is 0 Å². The third kappa shape index (κ3) is 3.63. The molecule has 3 fully saturated rings. The first-order chi connectivity index (χ1) is 15.0. The van der Waals surface area contributed by atoms with Gasteiger partial charge >= 0.3 is 0 Å². The van der Waals surface area contributed by atoms with Crippen molar-refractivity contribution < 1.29 is 18.3 Å². The summed E-state index contributed by atoms with van der Waals surface area (Å²) in [4.78, 5) is 21.3. The minimum absolute atomic E-state index is 0.132. The van der Waals surface area contributed by atoms with E-state index >= 15 is 0 Å². The van der Waals surface area contributed by atoms with Gasteiger partial charge in [0.15, 0.2) is 0 Å². The fourth-order valence-corrected chi connectivity index (χ4v) is 4.83. The normalized spacial score (nSPS) is 23.5. The average Bonchev–Trinajstić information content (AvgIpc) is 3.53. The molecule has 2 atom stereocenters. The maximum Gasteiger partial charge on any atom is 0.248 e. The van der Waals surface area contributed by atoms with Crippen LogP contribution in [-0.4, -0.2) is 47.6 Å². The van der Waals surface area contributed by atoms with Gasteiger partial charge in [0.1, 0.15) is 30.1 Å². The molecule has 1 unspecified atom stereocenters. The number of aromatic nitrogens is 1. The van der Waals surface area contributed by atoms with E-state index in [1.807, 2.05) is 6.07 Å². The van der Waals surface area contributed by atoms with Crippen LogP contribution in [0.4, 0.5) is 14.6 Å². The molecule has 6 nitrogen and oxygen atoms in total. The van der Waals surface area contributed by atoms with Gasteiger partial charge < -0.3 is 14.5 Å². The number of nitrogens with zero attached hydrogens (tertiary/aromatic N) is 4. The first-order valence-electron chi connectivity index (χ1n) is 10.5. The Morgan fingerprint density at radius 3 is 2.55 bits per heavy atom. The summed E-state index contributed by atoms with van der Waals surface area (Å²) in [5, 5.41) is 8.97. The highest BCUT2D eigenvalue weighted by Gasteiger charge is 2.49. The van der Waals surface area contributed by atoms with Crippen molar-refractivity contribution in [3.63, 3.8) is 0 Å². The van der Waals surface area contributed by atoms with E-state index in [4.69, 9.17) is 10.00 Å². The molecule has 2 bridgehead atoms. The largest absolute Gasteiger partial charge is 0.360 e. The van der Waals surface area contributed by atoms with Gasteiger partial charge in [-0.1, -0.05) is 0 Å². The average molecular weight is 424 g/mol. The third-order valence-electron chi connectivity index (χ3n) is 6.57. The predicted octanol–water partition coefficient (Wildman–Crippen LogP) is 3.12. The number of carbonyl (C=O) groups excluding carboxylic acids is 1. The third-order valence-corrected chi connectivity index (χ3v) is 6.57. The van der Waals surface area contributed by atoms with Gasteiger partial charge in [-0.2, -0.15) is 5.26 Å². The number of halogens is 2. The van der Waals surface area contributed by atoms with Crippen molar-refractivity contribution in [2.24, 2.45) is 0 Å². The molecular formula is C23H22F2N4O2. The van der Waals surface area contributed by atoms with Crippen molar-refractivity contribution in [1.82, 2.24) is 9.88 Å². The number of ether oxygens (including phenoxy) is 1. The second-order valence-corrected chi connectivity index (χ2v) is 8.51. The van der Waals surface area contributed by atoms with Gasteiger partial charge in [0, 0.05) is 36.9 Å². The zero-order chi connectivity index (χ0) is 21.6. The Labute approximate surface area is 179 Å². The van der Waals surface area contributed by atoms with Gasteiger partial charge in [-0.3, -0.25) is 4.79 Å². The van der Waals surface area contributed by atoms with E-state index < -0.39 is 17.2 Å². The van der Waals surface area contributed by atoms with Crippen molar-refractivity contribution in [2.45, 2.75) is 43.4 Å². The zero-order valence-electron chi connectivity index (χ0n) is 16.9. The smallest absolute Gasteiger partial charge is 0.248 e. The Hall–Kier alpha value is -3.05. The Morgan fingerprint density at radius 1 is 1.19 bits per heavy atom. The fourth-order valence-electron chi connectivity index (χ4n) is 4.83. The standard InChI is InChI=1S/C23H22F2N4O2/c24-16-2-5-20(25)19(9-16)23(7-8-23)31-14-22(30)28-12-17-3-4-18(13-28)29(17)21-6-1-15(10-26)11-27-21/h1-2,5-6,9,11,17-18H,3-4,7-8,12-14H2/t17-,18?/m0/s1. The summed E-state index contributed by atoms with van der Waals surface area (Å²) < 4.78 is 33.6. The molecule has 1 aliphatic carbocycles. The lowest BCUT2D eigenvalue weighted by Gasteiger charge is -2.41. The van der Waals surface area contributed by atoms with Crippen LogP contribution in [0.2, 0.25) is 0 Å². The van der Waals surface area contributed by atoms with Crippen molar-refractivity contribution in [1.29, 1.82) is 5.26 Å². The van der Waals surface area contributed by atoms with Crippen LogP contribution in [0.3, 0.4) is 0 Å². The Balaban J connectivity index is 1.23.